The smallest absolute Gasteiger partial charge is 0.141 e. The molecular formula is C21H16N6OS. The minimum absolute atomic E-state index is 0.515. The monoisotopic (exact) mass is 400 g/mol. The summed E-state index contributed by atoms with van der Waals surface area (Å²) in [5.74, 6) is 0.912. The maximum absolute atomic E-state index is 11.2. The molecule has 29 heavy (non-hydrogen) atoms. The first-order chi connectivity index (χ1) is 14.2. The van der Waals surface area contributed by atoms with Crippen molar-refractivity contribution in [1.29, 1.82) is 0 Å². The van der Waals surface area contributed by atoms with Crippen molar-refractivity contribution in [1.82, 2.24) is 29.5 Å². The van der Waals surface area contributed by atoms with Gasteiger partial charge in [-0.3, -0.25) is 0 Å². The SMILES string of the molecule is O[C@@]1(c2cccc(-c3csc(-c4c[nH]c5ncncc45)n3)c2)Cc2nccn2C1. The number of H-pyrrole nitrogens is 1. The Labute approximate surface area is 169 Å². The number of imidazole rings is 1. The second-order valence-corrected chi connectivity index (χ2v) is 8.14. The van der Waals surface area contributed by atoms with E-state index in [0.717, 1.165) is 44.2 Å². The molecule has 1 atom stereocenters. The number of fused-ring (bicyclic) bond motifs is 2. The molecule has 0 saturated heterocycles. The Morgan fingerprint density at radius 3 is 3.14 bits per heavy atom. The van der Waals surface area contributed by atoms with Gasteiger partial charge in [-0.25, -0.2) is 19.9 Å². The molecule has 0 fully saturated rings. The van der Waals surface area contributed by atoms with Crippen LogP contribution in [0.1, 0.15) is 11.4 Å². The van der Waals surface area contributed by atoms with Gasteiger partial charge in [0.1, 0.15) is 28.4 Å². The molecule has 5 heterocycles. The summed E-state index contributed by atoms with van der Waals surface area (Å²) in [7, 11) is 0. The Bertz CT molecular complexity index is 1330. The van der Waals surface area contributed by atoms with E-state index >= 15 is 0 Å². The topological polar surface area (TPSA) is 92.5 Å². The molecule has 2 N–H and O–H groups in total. The van der Waals surface area contributed by atoms with E-state index in [9.17, 15) is 5.11 Å². The average Bonchev–Trinajstić information content (AvgIpc) is 3.50. The largest absolute Gasteiger partial charge is 0.383 e. The Morgan fingerprint density at radius 2 is 2.21 bits per heavy atom. The molecule has 0 bridgehead atoms. The fraction of sp³-hybridized carbons (Fsp3) is 0.143. The van der Waals surface area contributed by atoms with Gasteiger partial charge in [0.15, 0.2) is 0 Å². The van der Waals surface area contributed by atoms with Crippen LogP contribution in [-0.4, -0.2) is 34.6 Å². The molecule has 5 aromatic rings. The molecular weight excluding hydrogens is 384 g/mol. The van der Waals surface area contributed by atoms with E-state index in [1.165, 1.54) is 6.33 Å². The summed E-state index contributed by atoms with van der Waals surface area (Å²) < 4.78 is 2.01. The highest BCUT2D eigenvalue weighted by Crippen LogP contribution is 2.36. The summed E-state index contributed by atoms with van der Waals surface area (Å²) in [6.45, 7) is 0.517. The van der Waals surface area contributed by atoms with Gasteiger partial charge in [-0.05, 0) is 11.6 Å². The molecule has 4 aromatic heterocycles. The molecule has 0 unspecified atom stereocenters. The minimum Gasteiger partial charge on any atom is -0.383 e. The molecule has 0 radical (unpaired) electrons. The standard InChI is InChI=1S/C21H16N6OS/c28-21(7-18-23-4-5-27(18)11-21)14-3-1-2-13(6-14)17-10-29-20(26-17)16-9-24-19-15(16)8-22-12-25-19/h1-6,8-10,12,28H,7,11H2,(H,22,24,25)/t21-/m0/s1. The van der Waals surface area contributed by atoms with Crippen molar-refractivity contribution in [3.05, 3.63) is 72.1 Å². The number of aromatic amines is 1. The van der Waals surface area contributed by atoms with Crippen LogP contribution in [0.4, 0.5) is 0 Å². The third kappa shape index (κ3) is 2.60. The van der Waals surface area contributed by atoms with Gasteiger partial charge in [0.05, 0.1) is 12.2 Å². The predicted molar refractivity (Wildman–Crippen MR) is 110 cm³/mol. The fourth-order valence-corrected chi connectivity index (χ4v) is 4.84. The maximum Gasteiger partial charge on any atom is 0.141 e. The first-order valence-electron chi connectivity index (χ1n) is 9.26. The van der Waals surface area contributed by atoms with Crippen LogP contribution in [0.2, 0.25) is 0 Å². The first kappa shape index (κ1) is 16.6. The van der Waals surface area contributed by atoms with Gasteiger partial charge in [0.2, 0.25) is 0 Å². The van der Waals surface area contributed by atoms with Crippen LogP contribution in [0, 0.1) is 0 Å². The zero-order valence-corrected chi connectivity index (χ0v) is 16.1. The van der Waals surface area contributed by atoms with Gasteiger partial charge < -0.3 is 14.7 Å². The lowest BCUT2D eigenvalue weighted by atomic mass is 9.91. The molecule has 1 aliphatic rings. The van der Waals surface area contributed by atoms with Crippen molar-refractivity contribution in [2.75, 3.05) is 0 Å². The van der Waals surface area contributed by atoms with Crippen LogP contribution in [0.25, 0.3) is 32.9 Å². The van der Waals surface area contributed by atoms with Gasteiger partial charge in [0, 0.05) is 53.1 Å². The number of aromatic nitrogens is 6. The van der Waals surface area contributed by atoms with E-state index in [0.29, 0.717) is 13.0 Å². The number of thiazole rings is 1. The second-order valence-electron chi connectivity index (χ2n) is 7.29. The van der Waals surface area contributed by atoms with Crippen LogP contribution in [-0.2, 0) is 18.6 Å². The molecule has 6 rings (SSSR count). The van der Waals surface area contributed by atoms with E-state index < -0.39 is 5.60 Å². The summed E-state index contributed by atoms with van der Waals surface area (Å²) in [6, 6.07) is 8.00. The first-order valence-corrected chi connectivity index (χ1v) is 10.1. The van der Waals surface area contributed by atoms with Gasteiger partial charge >= 0.3 is 0 Å². The highest BCUT2D eigenvalue weighted by molar-refractivity contribution is 7.13. The highest BCUT2D eigenvalue weighted by Gasteiger charge is 2.37. The van der Waals surface area contributed by atoms with Crippen molar-refractivity contribution in [2.24, 2.45) is 0 Å². The molecule has 0 amide bonds. The zero-order valence-electron chi connectivity index (χ0n) is 15.3. The molecule has 0 aliphatic carbocycles. The third-order valence-electron chi connectivity index (χ3n) is 5.47. The number of rotatable bonds is 3. The van der Waals surface area contributed by atoms with Crippen molar-refractivity contribution < 1.29 is 5.11 Å². The average molecular weight is 400 g/mol. The summed E-state index contributed by atoms with van der Waals surface area (Å²) in [4.78, 5) is 20.7. The molecule has 0 saturated carbocycles. The third-order valence-corrected chi connectivity index (χ3v) is 6.35. The highest BCUT2D eigenvalue weighted by atomic mass is 32.1. The number of nitrogens with one attached hydrogen (secondary N) is 1. The molecule has 7 nitrogen and oxygen atoms in total. The number of hydrogen-bond acceptors (Lipinski definition) is 6. The number of benzene rings is 1. The summed E-state index contributed by atoms with van der Waals surface area (Å²) >= 11 is 1.58. The van der Waals surface area contributed by atoms with Crippen molar-refractivity contribution >= 4 is 22.4 Å². The normalized spacial score (nSPS) is 18.4. The fourth-order valence-electron chi connectivity index (χ4n) is 3.98. The van der Waals surface area contributed by atoms with Crippen LogP contribution >= 0.6 is 11.3 Å². The number of hydrogen-bond donors (Lipinski definition) is 2. The van der Waals surface area contributed by atoms with Crippen LogP contribution in [0.5, 0.6) is 0 Å². The second kappa shape index (κ2) is 6.07. The van der Waals surface area contributed by atoms with Crippen LogP contribution in [0.3, 0.4) is 0 Å². The molecule has 142 valence electrons. The van der Waals surface area contributed by atoms with Gasteiger partial charge in [-0.1, -0.05) is 18.2 Å². The summed E-state index contributed by atoms with van der Waals surface area (Å²) in [6.07, 6.45) is 9.45. The molecule has 8 heteroatoms. The maximum atomic E-state index is 11.2. The van der Waals surface area contributed by atoms with E-state index in [1.807, 2.05) is 46.6 Å². The summed E-state index contributed by atoms with van der Waals surface area (Å²) in [5.41, 5.74) is 3.61. The van der Waals surface area contributed by atoms with Crippen molar-refractivity contribution in [3.8, 4) is 21.8 Å². The Balaban J connectivity index is 1.36. The lowest BCUT2D eigenvalue weighted by Gasteiger charge is -2.22. The molecule has 1 aromatic carbocycles. The minimum atomic E-state index is -0.938. The van der Waals surface area contributed by atoms with Gasteiger partial charge in [0.25, 0.3) is 0 Å². The lowest BCUT2D eigenvalue weighted by Crippen LogP contribution is -2.27. The van der Waals surface area contributed by atoms with Crippen LogP contribution in [0.15, 0.2) is 60.8 Å². The number of aliphatic hydroxyl groups is 1. The van der Waals surface area contributed by atoms with E-state index in [1.54, 1.807) is 23.7 Å². The number of nitrogens with zero attached hydrogens (tertiary/aromatic N) is 5. The Hall–Kier alpha value is -3.36. The Kier molecular flexibility index (Phi) is 3.47. The zero-order chi connectivity index (χ0) is 19.4. The van der Waals surface area contributed by atoms with E-state index in [2.05, 4.69) is 19.9 Å². The predicted octanol–water partition coefficient (Wildman–Crippen LogP) is 3.39. The van der Waals surface area contributed by atoms with E-state index in [4.69, 9.17) is 4.98 Å². The molecule has 0 spiro atoms. The quantitative estimate of drug-likeness (QED) is 0.484. The van der Waals surface area contributed by atoms with Crippen molar-refractivity contribution in [2.45, 2.75) is 18.6 Å². The lowest BCUT2D eigenvalue weighted by molar-refractivity contribution is 0.0376. The van der Waals surface area contributed by atoms with Crippen LogP contribution < -0.4 is 0 Å². The van der Waals surface area contributed by atoms with Gasteiger partial charge in [-0.15, -0.1) is 11.3 Å². The molecule has 1 aliphatic heterocycles. The van der Waals surface area contributed by atoms with Crippen molar-refractivity contribution in [3.63, 3.8) is 0 Å². The van der Waals surface area contributed by atoms with E-state index in [-0.39, 0.29) is 0 Å². The van der Waals surface area contributed by atoms with Gasteiger partial charge in [-0.2, -0.15) is 0 Å². The Morgan fingerprint density at radius 1 is 1.24 bits per heavy atom. The summed E-state index contributed by atoms with van der Waals surface area (Å²) in [5, 5.41) is 15.1.